The molecular weight excluding hydrogens is 408 g/mol. The molecule has 3 rings (SSSR count). The maximum absolute atomic E-state index is 12.2. The predicted octanol–water partition coefficient (Wildman–Crippen LogP) is 3.36. The molecule has 32 heavy (non-hydrogen) atoms. The van der Waals surface area contributed by atoms with Crippen LogP contribution in [0.25, 0.3) is 0 Å². The SMILES string of the molecule is COc1ccc(CC(=O)OCC(=O)NN=C(c2ccccc2)c2ccccc2)c(OC)c1. The lowest BCUT2D eigenvalue weighted by Crippen LogP contribution is -2.26. The number of carbonyl (C=O) groups excluding carboxylic acids is 2. The van der Waals surface area contributed by atoms with Crippen molar-refractivity contribution < 1.29 is 23.8 Å². The second-order valence-corrected chi connectivity index (χ2v) is 6.74. The van der Waals surface area contributed by atoms with Crippen molar-refractivity contribution in [1.29, 1.82) is 0 Å². The Morgan fingerprint density at radius 3 is 2.03 bits per heavy atom. The van der Waals surface area contributed by atoms with Gasteiger partial charge in [-0.2, -0.15) is 5.10 Å². The van der Waals surface area contributed by atoms with Crippen LogP contribution in [0.4, 0.5) is 0 Å². The fraction of sp³-hybridized carbons (Fsp3) is 0.160. The highest BCUT2D eigenvalue weighted by atomic mass is 16.5. The smallest absolute Gasteiger partial charge is 0.310 e. The van der Waals surface area contributed by atoms with Gasteiger partial charge in [0.1, 0.15) is 11.5 Å². The van der Waals surface area contributed by atoms with Crippen molar-refractivity contribution in [3.63, 3.8) is 0 Å². The third kappa shape index (κ3) is 6.18. The second-order valence-electron chi connectivity index (χ2n) is 6.74. The molecule has 0 bridgehead atoms. The minimum absolute atomic E-state index is 0.0387. The molecular formula is C25H24N2O5. The molecule has 0 spiro atoms. The number of ether oxygens (including phenoxy) is 3. The molecule has 3 aromatic carbocycles. The monoisotopic (exact) mass is 432 g/mol. The summed E-state index contributed by atoms with van der Waals surface area (Å²) in [5, 5.41) is 4.26. The van der Waals surface area contributed by atoms with E-state index >= 15 is 0 Å². The molecule has 7 nitrogen and oxygen atoms in total. The molecule has 0 heterocycles. The number of benzene rings is 3. The van der Waals surface area contributed by atoms with Crippen LogP contribution in [0, 0.1) is 0 Å². The normalized spacial score (nSPS) is 10.1. The minimum atomic E-state index is -0.557. The van der Waals surface area contributed by atoms with Gasteiger partial charge in [0, 0.05) is 22.8 Å². The van der Waals surface area contributed by atoms with E-state index in [1.807, 2.05) is 60.7 Å². The quantitative estimate of drug-likeness (QED) is 0.318. The summed E-state index contributed by atoms with van der Waals surface area (Å²) in [5.41, 5.74) is 5.40. The lowest BCUT2D eigenvalue weighted by Gasteiger charge is -2.10. The number of nitrogens with one attached hydrogen (secondary N) is 1. The topological polar surface area (TPSA) is 86.2 Å². The van der Waals surface area contributed by atoms with Gasteiger partial charge in [-0.25, -0.2) is 5.43 Å². The molecule has 164 valence electrons. The van der Waals surface area contributed by atoms with Gasteiger partial charge in [-0.15, -0.1) is 0 Å². The van der Waals surface area contributed by atoms with Gasteiger partial charge in [0.05, 0.1) is 26.4 Å². The molecule has 3 aromatic rings. The van der Waals surface area contributed by atoms with Crippen LogP contribution < -0.4 is 14.9 Å². The van der Waals surface area contributed by atoms with Gasteiger partial charge in [0.2, 0.25) is 0 Å². The summed E-state index contributed by atoms with van der Waals surface area (Å²) in [7, 11) is 3.05. The number of carbonyl (C=O) groups is 2. The summed E-state index contributed by atoms with van der Waals surface area (Å²) in [5.74, 6) is 0.0258. The highest BCUT2D eigenvalue weighted by molar-refractivity contribution is 6.13. The fourth-order valence-corrected chi connectivity index (χ4v) is 2.99. The Labute approximate surface area is 186 Å². The number of hydrazone groups is 1. The summed E-state index contributed by atoms with van der Waals surface area (Å²) in [6, 6.07) is 24.1. The summed E-state index contributed by atoms with van der Waals surface area (Å²) in [6.07, 6.45) is -0.0387. The molecule has 0 aliphatic rings. The van der Waals surface area contributed by atoms with Crippen LogP contribution in [0.1, 0.15) is 16.7 Å². The van der Waals surface area contributed by atoms with Crippen LogP contribution in [-0.4, -0.2) is 38.4 Å². The number of amides is 1. The first-order chi connectivity index (χ1) is 15.6. The number of esters is 1. The van der Waals surface area contributed by atoms with Crippen molar-refractivity contribution in [2.24, 2.45) is 5.10 Å². The fourth-order valence-electron chi connectivity index (χ4n) is 2.99. The van der Waals surface area contributed by atoms with Crippen molar-refractivity contribution in [1.82, 2.24) is 5.43 Å². The number of hydrogen-bond acceptors (Lipinski definition) is 6. The molecule has 0 aliphatic carbocycles. The lowest BCUT2D eigenvalue weighted by atomic mass is 10.0. The Morgan fingerprint density at radius 1 is 0.844 bits per heavy atom. The molecule has 0 fully saturated rings. The van der Waals surface area contributed by atoms with Gasteiger partial charge < -0.3 is 14.2 Å². The van der Waals surface area contributed by atoms with Crippen molar-refractivity contribution in [3.05, 3.63) is 95.6 Å². The Morgan fingerprint density at radius 2 is 1.47 bits per heavy atom. The maximum Gasteiger partial charge on any atom is 0.310 e. The van der Waals surface area contributed by atoms with Crippen LogP contribution in [0.15, 0.2) is 84.0 Å². The third-order valence-corrected chi connectivity index (χ3v) is 4.58. The van der Waals surface area contributed by atoms with E-state index in [4.69, 9.17) is 14.2 Å². The van der Waals surface area contributed by atoms with Crippen LogP contribution in [0.3, 0.4) is 0 Å². The van der Waals surface area contributed by atoms with E-state index in [-0.39, 0.29) is 6.42 Å². The predicted molar refractivity (Wildman–Crippen MR) is 121 cm³/mol. The lowest BCUT2D eigenvalue weighted by molar-refractivity contribution is -0.147. The first-order valence-electron chi connectivity index (χ1n) is 9.94. The Hall–Kier alpha value is -4.13. The Balaban J connectivity index is 1.61. The van der Waals surface area contributed by atoms with Crippen molar-refractivity contribution >= 4 is 17.6 Å². The second kappa shape index (κ2) is 11.3. The molecule has 7 heteroatoms. The molecule has 1 amide bonds. The number of nitrogens with zero attached hydrogens (tertiary/aromatic N) is 1. The van der Waals surface area contributed by atoms with Crippen molar-refractivity contribution in [2.45, 2.75) is 6.42 Å². The van der Waals surface area contributed by atoms with Crippen molar-refractivity contribution in [2.75, 3.05) is 20.8 Å². The van der Waals surface area contributed by atoms with Crippen molar-refractivity contribution in [3.8, 4) is 11.5 Å². The zero-order chi connectivity index (χ0) is 22.8. The number of hydrogen-bond donors (Lipinski definition) is 1. The van der Waals surface area contributed by atoms with Gasteiger partial charge >= 0.3 is 5.97 Å². The van der Waals surface area contributed by atoms with E-state index in [2.05, 4.69) is 10.5 Å². The number of rotatable bonds is 9. The molecule has 0 saturated heterocycles. The van der Waals surface area contributed by atoms with Gasteiger partial charge in [0.25, 0.3) is 5.91 Å². The number of methoxy groups -OCH3 is 2. The van der Waals surface area contributed by atoms with Gasteiger partial charge in [-0.1, -0.05) is 66.7 Å². The Kier molecular flexibility index (Phi) is 7.97. The van der Waals surface area contributed by atoms with E-state index in [0.717, 1.165) is 11.1 Å². The average Bonchev–Trinajstić information content (AvgIpc) is 2.84. The summed E-state index contributed by atoms with van der Waals surface area (Å²) >= 11 is 0. The minimum Gasteiger partial charge on any atom is -0.497 e. The molecule has 1 N–H and O–H groups in total. The molecule has 0 radical (unpaired) electrons. The van der Waals surface area contributed by atoms with E-state index in [1.54, 1.807) is 25.3 Å². The van der Waals surface area contributed by atoms with Crippen LogP contribution in [0.5, 0.6) is 11.5 Å². The van der Waals surface area contributed by atoms with Gasteiger partial charge in [-0.3, -0.25) is 9.59 Å². The summed E-state index contributed by atoms with van der Waals surface area (Å²) in [6.45, 7) is -0.447. The summed E-state index contributed by atoms with van der Waals surface area (Å²) in [4.78, 5) is 24.4. The Bertz CT molecular complexity index is 1040. The average molecular weight is 432 g/mol. The molecule has 0 saturated carbocycles. The van der Waals surface area contributed by atoms with Crippen LogP contribution in [-0.2, 0) is 20.7 Å². The summed E-state index contributed by atoms with van der Waals surface area (Å²) < 4.78 is 15.5. The molecule has 0 unspecified atom stereocenters. The van der Waals surface area contributed by atoms with Crippen LogP contribution >= 0.6 is 0 Å². The molecule has 0 aliphatic heterocycles. The highest BCUT2D eigenvalue weighted by Crippen LogP contribution is 2.25. The molecule has 0 atom stereocenters. The van der Waals surface area contributed by atoms with E-state index in [0.29, 0.717) is 22.8 Å². The first kappa shape index (κ1) is 22.6. The zero-order valence-corrected chi connectivity index (χ0v) is 17.9. The van der Waals surface area contributed by atoms with Crippen LogP contribution in [0.2, 0.25) is 0 Å². The van der Waals surface area contributed by atoms with Gasteiger partial charge in [-0.05, 0) is 6.07 Å². The van der Waals surface area contributed by atoms with Gasteiger partial charge in [0.15, 0.2) is 6.61 Å². The zero-order valence-electron chi connectivity index (χ0n) is 17.9. The maximum atomic E-state index is 12.2. The van der Waals surface area contributed by atoms with E-state index in [1.165, 1.54) is 7.11 Å². The van der Waals surface area contributed by atoms with E-state index < -0.39 is 18.5 Å². The van der Waals surface area contributed by atoms with E-state index in [9.17, 15) is 9.59 Å². The highest BCUT2D eigenvalue weighted by Gasteiger charge is 2.13. The standard InChI is InChI=1S/C25H24N2O5/c1-30-21-14-13-20(22(16-21)31-2)15-24(29)32-17-23(28)26-27-25(18-9-5-3-6-10-18)19-11-7-4-8-12-19/h3-14,16H,15,17H2,1-2H3,(H,26,28). The molecule has 0 aromatic heterocycles. The third-order valence-electron chi connectivity index (χ3n) is 4.58. The first-order valence-corrected chi connectivity index (χ1v) is 9.94. The largest absolute Gasteiger partial charge is 0.497 e.